The molecule has 0 aliphatic heterocycles. The molecule has 0 bridgehead atoms. The lowest BCUT2D eigenvalue weighted by Gasteiger charge is -2.18. The zero-order chi connectivity index (χ0) is 11.9. The summed E-state index contributed by atoms with van der Waals surface area (Å²) in [6, 6.07) is 8.70. The van der Waals surface area contributed by atoms with E-state index in [4.69, 9.17) is 4.42 Å². The minimum atomic E-state index is -0.307. The number of nitriles is 1. The van der Waals surface area contributed by atoms with Crippen LogP contribution in [0, 0.1) is 18.3 Å². The van der Waals surface area contributed by atoms with Gasteiger partial charge in [-0.2, -0.15) is 5.26 Å². The number of fused-ring (bicyclic) bond motifs is 1. The molecule has 2 aromatic rings. The largest absolute Gasteiger partial charge is 0.464 e. The zero-order valence-electron chi connectivity index (χ0n) is 9.99. The third-order valence-corrected chi connectivity index (χ3v) is 3.92. The van der Waals surface area contributed by atoms with E-state index in [-0.39, 0.29) is 5.41 Å². The summed E-state index contributed by atoms with van der Waals surface area (Å²) in [5.74, 6) is 0. The van der Waals surface area contributed by atoms with Crippen molar-refractivity contribution in [3.05, 3.63) is 35.6 Å². The van der Waals surface area contributed by atoms with Crippen molar-refractivity contribution < 1.29 is 4.42 Å². The van der Waals surface area contributed by atoms with E-state index in [2.05, 4.69) is 19.1 Å². The average Bonchev–Trinajstić information content (AvgIpc) is 2.94. The van der Waals surface area contributed by atoms with Gasteiger partial charge in [-0.05, 0) is 31.9 Å². The molecule has 3 rings (SSSR count). The van der Waals surface area contributed by atoms with Gasteiger partial charge in [0.15, 0.2) is 0 Å². The Morgan fingerprint density at radius 3 is 2.76 bits per heavy atom. The lowest BCUT2D eigenvalue weighted by Crippen LogP contribution is -2.18. The van der Waals surface area contributed by atoms with Crippen LogP contribution in [0.15, 0.2) is 28.9 Å². The van der Waals surface area contributed by atoms with E-state index in [1.165, 1.54) is 5.56 Å². The maximum atomic E-state index is 9.53. The summed E-state index contributed by atoms with van der Waals surface area (Å²) in [4.78, 5) is 0. The van der Waals surface area contributed by atoms with Gasteiger partial charge in [-0.3, -0.25) is 0 Å². The van der Waals surface area contributed by atoms with Crippen molar-refractivity contribution in [3.8, 4) is 6.07 Å². The first-order valence-corrected chi connectivity index (χ1v) is 6.15. The highest BCUT2D eigenvalue weighted by molar-refractivity contribution is 5.83. The molecule has 0 saturated heterocycles. The molecule has 2 nitrogen and oxygen atoms in total. The number of rotatable bonds is 1. The fourth-order valence-corrected chi connectivity index (χ4v) is 2.93. The summed E-state index contributed by atoms with van der Waals surface area (Å²) >= 11 is 0. The van der Waals surface area contributed by atoms with E-state index in [1.54, 1.807) is 6.26 Å². The van der Waals surface area contributed by atoms with E-state index in [1.807, 2.05) is 12.1 Å². The second-order valence-corrected chi connectivity index (χ2v) is 5.05. The SMILES string of the molecule is Cc1ccc2occ(C3(C#N)CCCC3)c2c1. The molecule has 1 aliphatic rings. The number of hydrogen-bond donors (Lipinski definition) is 0. The van der Waals surface area contributed by atoms with Crippen LogP contribution < -0.4 is 0 Å². The fraction of sp³-hybridized carbons (Fsp3) is 0.400. The van der Waals surface area contributed by atoms with Gasteiger partial charge in [0.2, 0.25) is 0 Å². The Morgan fingerprint density at radius 2 is 2.06 bits per heavy atom. The number of aryl methyl sites for hydroxylation is 1. The van der Waals surface area contributed by atoms with Gasteiger partial charge >= 0.3 is 0 Å². The van der Waals surface area contributed by atoms with Gasteiger partial charge in [-0.1, -0.05) is 24.5 Å². The third kappa shape index (κ3) is 1.46. The van der Waals surface area contributed by atoms with E-state index in [9.17, 15) is 5.26 Å². The predicted octanol–water partition coefficient (Wildman–Crippen LogP) is 4.08. The Kier molecular flexibility index (Phi) is 2.22. The molecule has 2 heteroatoms. The minimum absolute atomic E-state index is 0.307. The number of benzene rings is 1. The highest BCUT2D eigenvalue weighted by Gasteiger charge is 2.38. The Labute approximate surface area is 101 Å². The van der Waals surface area contributed by atoms with E-state index >= 15 is 0 Å². The zero-order valence-corrected chi connectivity index (χ0v) is 9.99. The van der Waals surface area contributed by atoms with Crippen molar-refractivity contribution >= 4 is 11.0 Å². The molecule has 17 heavy (non-hydrogen) atoms. The van der Waals surface area contributed by atoms with Crippen LogP contribution in [0.5, 0.6) is 0 Å². The molecule has 1 saturated carbocycles. The van der Waals surface area contributed by atoms with Crippen LogP contribution in [0.25, 0.3) is 11.0 Å². The first-order chi connectivity index (χ1) is 8.25. The molecule has 1 fully saturated rings. The molecule has 0 N–H and O–H groups in total. The molecule has 0 amide bonds. The first-order valence-electron chi connectivity index (χ1n) is 6.15. The van der Waals surface area contributed by atoms with Crippen molar-refractivity contribution in [2.45, 2.75) is 38.0 Å². The molecule has 0 unspecified atom stereocenters. The van der Waals surface area contributed by atoms with Crippen LogP contribution in [0.1, 0.15) is 36.8 Å². The average molecular weight is 225 g/mol. The molecule has 0 atom stereocenters. The molecule has 0 radical (unpaired) electrons. The lowest BCUT2D eigenvalue weighted by molar-refractivity contribution is 0.548. The highest BCUT2D eigenvalue weighted by Crippen LogP contribution is 2.44. The Balaban J connectivity index is 2.23. The fourth-order valence-electron chi connectivity index (χ4n) is 2.93. The Bertz CT molecular complexity index is 597. The van der Waals surface area contributed by atoms with Gasteiger partial charge in [-0.25, -0.2) is 0 Å². The Hall–Kier alpha value is -1.75. The standard InChI is InChI=1S/C15H15NO/c1-11-4-5-14-12(8-11)13(9-17-14)15(10-16)6-2-3-7-15/h4-5,8-9H,2-3,6-7H2,1H3. The third-order valence-electron chi connectivity index (χ3n) is 3.92. The molecule has 0 spiro atoms. The Morgan fingerprint density at radius 1 is 1.29 bits per heavy atom. The normalized spacial score (nSPS) is 18.4. The second-order valence-electron chi connectivity index (χ2n) is 5.05. The number of hydrogen-bond acceptors (Lipinski definition) is 2. The molecule has 1 aromatic carbocycles. The molecule has 86 valence electrons. The van der Waals surface area contributed by atoms with Crippen LogP contribution in [0.4, 0.5) is 0 Å². The van der Waals surface area contributed by atoms with E-state index < -0.39 is 0 Å². The van der Waals surface area contributed by atoms with Gasteiger partial charge in [0.05, 0.1) is 17.7 Å². The van der Waals surface area contributed by atoms with Crippen molar-refractivity contribution in [2.75, 3.05) is 0 Å². The van der Waals surface area contributed by atoms with Crippen LogP contribution >= 0.6 is 0 Å². The van der Waals surface area contributed by atoms with Crippen LogP contribution in [-0.2, 0) is 5.41 Å². The summed E-state index contributed by atoms with van der Waals surface area (Å²) in [7, 11) is 0. The molecule has 1 heterocycles. The van der Waals surface area contributed by atoms with Gasteiger partial charge in [-0.15, -0.1) is 0 Å². The molecular weight excluding hydrogens is 210 g/mol. The molecular formula is C15H15NO. The highest BCUT2D eigenvalue weighted by atomic mass is 16.3. The predicted molar refractivity (Wildman–Crippen MR) is 66.7 cm³/mol. The minimum Gasteiger partial charge on any atom is -0.464 e. The molecule has 1 aromatic heterocycles. The maximum absolute atomic E-state index is 9.53. The van der Waals surface area contributed by atoms with Crippen molar-refractivity contribution in [2.24, 2.45) is 0 Å². The summed E-state index contributed by atoms with van der Waals surface area (Å²) in [5, 5.41) is 10.6. The van der Waals surface area contributed by atoms with Gasteiger partial charge in [0, 0.05) is 10.9 Å². The summed E-state index contributed by atoms with van der Waals surface area (Å²) < 4.78 is 5.59. The summed E-state index contributed by atoms with van der Waals surface area (Å²) in [6.07, 6.45) is 6.01. The topological polar surface area (TPSA) is 36.9 Å². The second kappa shape index (κ2) is 3.63. The quantitative estimate of drug-likeness (QED) is 0.733. The van der Waals surface area contributed by atoms with Crippen molar-refractivity contribution in [3.63, 3.8) is 0 Å². The van der Waals surface area contributed by atoms with Gasteiger partial charge in [0.25, 0.3) is 0 Å². The van der Waals surface area contributed by atoms with Crippen LogP contribution in [0.3, 0.4) is 0 Å². The van der Waals surface area contributed by atoms with Crippen LogP contribution in [0.2, 0.25) is 0 Å². The van der Waals surface area contributed by atoms with Crippen molar-refractivity contribution in [1.82, 2.24) is 0 Å². The maximum Gasteiger partial charge on any atom is 0.134 e. The number of nitrogens with zero attached hydrogens (tertiary/aromatic N) is 1. The van der Waals surface area contributed by atoms with E-state index in [0.29, 0.717) is 0 Å². The smallest absolute Gasteiger partial charge is 0.134 e. The van der Waals surface area contributed by atoms with E-state index in [0.717, 1.165) is 42.2 Å². The first kappa shape index (κ1) is 10.4. The van der Waals surface area contributed by atoms with Crippen LogP contribution in [-0.4, -0.2) is 0 Å². The number of furan rings is 1. The summed E-state index contributed by atoms with van der Waals surface area (Å²) in [5.41, 5.74) is 2.90. The van der Waals surface area contributed by atoms with Gasteiger partial charge < -0.3 is 4.42 Å². The lowest BCUT2D eigenvalue weighted by atomic mass is 9.80. The van der Waals surface area contributed by atoms with Gasteiger partial charge in [0.1, 0.15) is 5.58 Å². The monoisotopic (exact) mass is 225 g/mol. The summed E-state index contributed by atoms with van der Waals surface area (Å²) in [6.45, 7) is 2.07. The van der Waals surface area contributed by atoms with Crippen molar-refractivity contribution in [1.29, 1.82) is 5.26 Å². The molecule has 1 aliphatic carbocycles.